The van der Waals surface area contributed by atoms with Gasteiger partial charge >= 0.3 is 5.97 Å². The molecule has 1 fully saturated rings. The van der Waals surface area contributed by atoms with E-state index in [1.165, 1.54) is 23.8 Å². The minimum Gasteiger partial charge on any atom is -0.458 e. The van der Waals surface area contributed by atoms with Crippen LogP contribution in [0.5, 0.6) is 0 Å². The van der Waals surface area contributed by atoms with Crippen LogP contribution in [0.25, 0.3) is 0 Å². The Morgan fingerprint density at radius 2 is 2.15 bits per heavy atom. The molecule has 7 heteroatoms. The number of halogens is 1. The van der Waals surface area contributed by atoms with Crippen LogP contribution in [0.1, 0.15) is 20.8 Å². The first-order chi connectivity index (χ1) is 9.30. The molecule has 0 aromatic carbocycles. The standard InChI is InChI=1S/C13H18ClNO4S/c1-13(2,3)19-12(17)8-7(5-14)6-20-11-9(18-4)10(16)15(8)11/h6,8-9,11H,5H2,1-4H3. The number of alkyl halides is 1. The summed E-state index contributed by atoms with van der Waals surface area (Å²) in [7, 11) is 1.49. The van der Waals surface area contributed by atoms with Crippen LogP contribution in [0, 0.1) is 0 Å². The summed E-state index contributed by atoms with van der Waals surface area (Å²) in [6, 6.07) is -0.739. The van der Waals surface area contributed by atoms with Crippen molar-refractivity contribution < 1.29 is 19.1 Å². The molecular weight excluding hydrogens is 302 g/mol. The molecule has 3 unspecified atom stereocenters. The molecular formula is C13H18ClNO4S. The lowest BCUT2D eigenvalue weighted by Gasteiger charge is -2.51. The fourth-order valence-corrected chi connectivity index (χ4v) is 3.78. The van der Waals surface area contributed by atoms with Crippen molar-refractivity contribution in [2.24, 2.45) is 0 Å². The second-order valence-corrected chi connectivity index (χ2v) is 6.95. The van der Waals surface area contributed by atoms with Crippen molar-refractivity contribution in [3.05, 3.63) is 11.0 Å². The van der Waals surface area contributed by atoms with E-state index in [0.29, 0.717) is 5.57 Å². The molecule has 0 aromatic heterocycles. The Hall–Kier alpha value is -0.720. The summed E-state index contributed by atoms with van der Waals surface area (Å²) >= 11 is 7.33. The lowest BCUT2D eigenvalue weighted by molar-refractivity contribution is -0.178. The van der Waals surface area contributed by atoms with Crippen LogP contribution in [-0.4, -0.2) is 52.9 Å². The Morgan fingerprint density at radius 3 is 2.65 bits per heavy atom. The third kappa shape index (κ3) is 2.69. The third-order valence-corrected chi connectivity index (χ3v) is 4.56. The molecule has 2 aliphatic heterocycles. The number of β-lactam (4-membered cyclic amide) rings is 1. The van der Waals surface area contributed by atoms with E-state index in [9.17, 15) is 9.59 Å². The van der Waals surface area contributed by atoms with Crippen molar-refractivity contribution in [3.63, 3.8) is 0 Å². The van der Waals surface area contributed by atoms with E-state index in [2.05, 4.69) is 0 Å². The van der Waals surface area contributed by atoms with Crippen LogP contribution in [0.3, 0.4) is 0 Å². The number of hydrogen-bond acceptors (Lipinski definition) is 5. The molecule has 0 spiro atoms. The number of carbonyl (C=O) groups excluding carboxylic acids is 2. The average molecular weight is 320 g/mol. The molecule has 0 aliphatic carbocycles. The molecule has 20 heavy (non-hydrogen) atoms. The SMILES string of the molecule is COC1C(=O)N2C(C(=O)OC(C)(C)C)C(CCl)=CSC12. The van der Waals surface area contributed by atoms with Crippen LogP contribution in [0.4, 0.5) is 0 Å². The van der Waals surface area contributed by atoms with Crippen LogP contribution in [0.15, 0.2) is 11.0 Å². The number of nitrogens with zero attached hydrogens (tertiary/aromatic N) is 1. The van der Waals surface area contributed by atoms with Crippen molar-refractivity contribution in [2.75, 3.05) is 13.0 Å². The quantitative estimate of drug-likeness (QED) is 0.450. The highest BCUT2D eigenvalue weighted by Gasteiger charge is 2.56. The number of thioether (sulfide) groups is 1. The molecule has 1 amide bonds. The zero-order valence-corrected chi connectivity index (χ0v) is 13.5. The number of amides is 1. The van der Waals surface area contributed by atoms with Gasteiger partial charge in [0, 0.05) is 13.0 Å². The molecule has 0 aromatic rings. The molecule has 112 valence electrons. The van der Waals surface area contributed by atoms with E-state index in [-0.39, 0.29) is 17.2 Å². The molecule has 3 atom stereocenters. The van der Waals surface area contributed by atoms with E-state index in [0.717, 1.165) is 0 Å². The molecule has 1 saturated heterocycles. The highest BCUT2D eigenvalue weighted by Crippen LogP contribution is 2.41. The Morgan fingerprint density at radius 1 is 1.50 bits per heavy atom. The third-order valence-electron chi connectivity index (χ3n) is 3.06. The zero-order valence-electron chi connectivity index (χ0n) is 11.9. The maximum Gasteiger partial charge on any atom is 0.333 e. The monoisotopic (exact) mass is 319 g/mol. The molecule has 2 rings (SSSR count). The van der Waals surface area contributed by atoms with Gasteiger partial charge in [0.2, 0.25) is 0 Å². The Balaban J connectivity index is 2.24. The molecule has 0 N–H and O–H groups in total. The number of ether oxygens (including phenoxy) is 2. The molecule has 2 aliphatic rings. The Kier molecular flexibility index (Phi) is 4.37. The van der Waals surface area contributed by atoms with Crippen molar-refractivity contribution in [1.29, 1.82) is 0 Å². The fourth-order valence-electron chi connectivity index (χ4n) is 2.21. The van der Waals surface area contributed by atoms with E-state index in [1.54, 1.807) is 20.8 Å². The summed E-state index contributed by atoms with van der Waals surface area (Å²) < 4.78 is 10.5. The maximum atomic E-state index is 12.3. The highest BCUT2D eigenvalue weighted by molar-refractivity contribution is 8.02. The van der Waals surface area contributed by atoms with E-state index >= 15 is 0 Å². The van der Waals surface area contributed by atoms with Crippen molar-refractivity contribution in [1.82, 2.24) is 4.90 Å². The van der Waals surface area contributed by atoms with Crippen molar-refractivity contribution >= 4 is 35.2 Å². The normalized spacial score (nSPS) is 29.4. The second kappa shape index (κ2) is 5.58. The topological polar surface area (TPSA) is 55.8 Å². The Bertz CT molecular complexity index is 460. The number of carbonyl (C=O) groups is 2. The second-order valence-electron chi connectivity index (χ2n) is 5.69. The van der Waals surface area contributed by atoms with Gasteiger partial charge in [0.1, 0.15) is 11.0 Å². The van der Waals surface area contributed by atoms with Gasteiger partial charge in [-0.05, 0) is 31.8 Å². The first-order valence-electron chi connectivity index (χ1n) is 6.28. The van der Waals surface area contributed by atoms with Gasteiger partial charge in [-0.25, -0.2) is 4.79 Å². The smallest absolute Gasteiger partial charge is 0.333 e. The summed E-state index contributed by atoms with van der Waals surface area (Å²) in [4.78, 5) is 25.9. The van der Waals surface area contributed by atoms with Gasteiger partial charge in [0.25, 0.3) is 5.91 Å². The molecule has 0 bridgehead atoms. The number of rotatable bonds is 3. The minimum absolute atomic E-state index is 0.183. The van der Waals surface area contributed by atoms with Gasteiger partial charge in [0.05, 0.1) is 0 Å². The predicted molar refractivity (Wildman–Crippen MR) is 77.5 cm³/mol. The van der Waals surface area contributed by atoms with Gasteiger partial charge in [-0.2, -0.15) is 0 Å². The van der Waals surface area contributed by atoms with Gasteiger partial charge < -0.3 is 14.4 Å². The van der Waals surface area contributed by atoms with Crippen LogP contribution in [0.2, 0.25) is 0 Å². The Labute approximate surface area is 127 Å². The van der Waals surface area contributed by atoms with Gasteiger partial charge in [-0.1, -0.05) is 0 Å². The van der Waals surface area contributed by atoms with E-state index in [1.807, 2.05) is 5.41 Å². The lowest BCUT2D eigenvalue weighted by Crippen LogP contribution is -2.70. The van der Waals surface area contributed by atoms with Gasteiger partial charge in [-0.3, -0.25) is 4.79 Å². The summed E-state index contributed by atoms with van der Waals surface area (Å²) in [5.41, 5.74) is 0.0773. The maximum absolute atomic E-state index is 12.3. The van der Waals surface area contributed by atoms with Crippen LogP contribution >= 0.6 is 23.4 Å². The van der Waals surface area contributed by atoms with Gasteiger partial charge in [-0.15, -0.1) is 23.4 Å². The lowest BCUT2D eigenvalue weighted by atomic mass is 10.0. The van der Waals surface area contributed by atoms with Crippen LogP contribution < -0.4 is 0 Å². The number of methoxy groups -OCH3 is 1. The first-order valence-corrected chi connectivity index (χ1v) is 7.76. The number of fused-ring (bicyclic) bond motifs is 1. The highest BCUT2D eigenvalue weighted by atomic mass is 35.5. The molecule has 0 saturated carbocycles. The minimum atomic E-state index is -0.739. The largest absolute Gasteiger partial charge is 0.458 e. The predicted octanol–water partition coefficient (Wildman–Crippen LogP) is 1.75. The number of esters is 1. The van der Waals surface area contributed by atoms with Crippen molar-refractivity contribution in [3.8, 4) is 0 Å². The van der Waals surface area contributed by atoms with Crippen molar-refractivity contribution in [2.45, 2.75) is 43.9 Å². The summed E-state index contributed by atoms with van der Waals surface area (Å²) in [5.74, 6) is -0.459. The van der Waals surface area contributed by atoms with Crippen LogP contribution in [-0.2, 0) is 19.1 Å². The number of hydrogen-bond donors (Lipinski definition) is 0. The molecule has 2 heterocycles. The fraction of sp³-hybridized carbons (Fsp3) is 0.692. The molecule has 0 radical (unpaired) electrons. The zero-order chi connectivity index (χ0) is 15.1. The summed E-state index contributed by atoms with van der Waals surface area (Å²) in [6.07, 6.45) is -0.502. The van der Waals surface area contributed by atoms with Gasteiger partial charge in [0.15, 0.2) is 12.1 Å². The van der Waals surface area contributed by atoms with E-state index < -0.39 is 23.7 Å². The van der Waals surface area contributed by atoms with E-state index in [4.69, 9.17) is 21.1 Å². The average Bonchev–Trinajstić information content (AvgIpc) is 2.35. The molecule has 5 nitrogen and oxygen atoms in total. The summed E-state index contributed by atoms with van der Waals surface area (Å²) in [6.45, 7) is 5.37. The first kappa shape index (κ1) is 15.7. The summed E-state index contributed by atoms with van der Waals surface area (Å²) in [5, 5.41) is 1.65.